The highest BCUT2D eigenvalue weighted by Crippen LogP contribution is 2.60. The van der Waals surface area contributed by atoms with Gasteiger partial charge in [-0.05, 0) is 55.8 Å². The Morgan fingerprint density at radius 2 is 1.80 bits per heavy atom. The maximum absolute atomic E-state index is 11.6. The number of carbonyl (C=O) groups is 1. The van der Waals surface area contributed by atoms with Gasteiger partial charge in [0.15, 0.2) is 5.76 Å². The van der Waals surface area contributed by atoms with E-state index < -0.39 is 5.97 Å². The van der Waals surface area contributed by atoms with Crippen LogP contribution in [0.5, 0.6) is 0 Å². The van der Waals surface area contributed by atoms with E-state index in [4.69, 9.17) is 4.52 Å². The molecule has 1 N–H and O–H groups in total. The van der Waals surface area contributed by atoms with Crippen molar-refractivity contribution in [2.24, 2.45) is 23.7 Å². The number of hydrogen-bond donors (Lipinski definition) is 1. The van der Waals surface area contributed by atoms with Crippen LogP contribution in [0.3, 0.4) is 0 Å². The van der Waals surface area contributed by atoms with E-state index in [1.54, 1.807) is 0 Å². The molecule has 4 aliphatic carbocycles. The highest BCUT2D eigenvalue weighted by molar-refractivity contribution is 5.90. The first-order chi connectivity index (χ1) is 9.67. The Morgan fingerprint density at radius 3 is 2.30 bits per heavy atom. The minimum atomic E-state index is -0.869. The largest absolute Gasteiger partial charge is 0.477 e. The first kappa shape index (κ1) is 12.4. The molecule has 4 fully saturated rings. The molecular formula is C16H21NO3. The molecule has 108 valence electrons. The zero-order valence-electron chi connectivity index (χ0n) is 11.8. The van der Waals surface area contributed by atoms with Gasteiger partial charge >= 0.3 is 5.97 Å². The first-order valence-corrected chi connectivity index (χ1v) is 7.89. The predicted molar refractivity (Wildman–Crippen MR) is 72.6 cm³/mol. The molecule has 4 aliphatic rings. The fourth-order valence-corrected chi connectivity index (χ4v) is 5.41. The van der Waals surface area contributed by atoms with E-state index in [-0.39, 0.29) is 0 Å². The first-order valence-electron chi connectivity index (χ1n) is 7.89. The topological polar surface area (TPSA) is 63.3 Å². The lowest BCUT2D eigenvalue weighted by molar-refractivity contribution is -0.00538. The van der Waals surface area contributed by atoms with Crippen molar-refractivity contribution in [2.75, 3.05) is 0 Å². The van der Waals surface area contributed by atoms with Crippen LogP contribution in [-0.4, -0.2) is 16.2 Å². The molecule has 4 heteroatoms. The summed E-state index contributed by atoms with van der Waals surface area (Å²) in [6, 6.07) is 0. The number of carboxylic acids is 1. The van der Waals surface area contributed by atoms with Gasteiger partial charge in [0, 0.05) is 12.3 Å². The summed E-state index contributed by atoms with van der Waals surface area (Å²) in [5, 5.41) is 13.7. The van der Waals surface area contributed by atoms with E-state index in [2.05, 4.69) is 5.16 Å². The summed E-state index contributed by atoms with van der Waals surface area (Å²) in [6.07, 6.45) is 7.08. The monoisotopic (exact) mass is 275 g/mol. The lowest BCUT2D eigenvalue weighted by Crippen LogP contribution is -2.44. The lowest BCUT2D eigenvalue weighted by Gasteiger charge is -2.54. The molecule has 1 aromatic heterocycles. The van der Waals surface area contributed by atoms with Crippen molar-refractivity contribution in [3.8, 4) is 0 Å². The van der Waals surface area contributed by atoms with Gasteiger partial charge in [0.1, 0.15) is 11.3 Å². The average molecular weight is 275 g/mol. The molecule has 4 bridgehead atoms. The number of aromatic nitrogens is 1. The maximum atomic E-state index is 11.6. The van der Waals surface area contributed by atoms with Crippen molar-refractivity contribution in [3.05, 3.63) is 17.0 Å². The normalized spacial score (nSPS) is 38.4. The van der Waals surface area contributed by atoms with Crippen LogP contribution in [0.25, 0.3) is 0 Å². The Morgan fingerprint density at radius 1 is 1.20 bits per heavy atom. The molecule has 0 saturated heterocycles. The average Bonchev–Trinajstić information content (AvgIpc) is 2.81. The molecule has 4 saturated carbocycles. The zero-order valence-corrected chi connectivity index (χ0v) is 11.8. The molecule has 0 atom stereocenters. The number of carboxylic acid groups (broad SMARTS) is 1. The van der Waals surface area contributed by atoms with E-state index in [9.17, 15) is 9.90 Å². The molecule has 0 radical (unpaired) electrons. The van der Waals surface area contributed by atoms with E-state index in [1.807, 2.05) is 6.92 Å². The summed E-state index contributed by atoms with van der Waals surface area (Å²) >= 11 is 0. The van der Waals surface area contributed by atoms with Crippen LogP contribution in [0.15, 0.2) is 4.52 Å². The summed E-state index contributed by atoms with van der Waals surface area (Å²) in [7, 11) is 0. The molecule has 0 aromatic carbocycles. The highest BCUT2D eigenvalue weighted by atomic mass is 16.5. The molecule has 20 heavy (non-hydrogen) atoms. The number of aromatic carboxylic acids is 1. The number of nitrogens with zero attached hydrogens (tertiary/aromatic N) is 1. The van der Waals surface area contributed by atoms with Gasteiger partial charge < -0.3 is 9.63 Å². The van der Waals surface area contributed by atoms with Gasteiger partial charge in [0.05, 0.1) is 0 Å². The molecule has 0 spiro atoms. The maximum Gasteiger partial charge on any atom is 0.341 e. The summed E-state index contributed by atoms with van der Waals surface area (Å²) in [5.74, 6) is 3.06. The zero-order chi connectivity index (χ0) is 13.9. The van der Waals surface area contributed by atoms with Gasteiger partial charge in [-0.3, -0.25) is 0 Å². The van der Waals surface area contributed by atoms with Gasteiger partial charge in [-0.25, -0.2) is 4.79 Å². The third-order valence-electron chi connectivity index (χ3n) is 5.87. The second kappa shape index (κ2) is 4.34. The third-order valence-corrected chi connectivity index (χ3v) is 5.87. The Kier molecular flexibility index (Phi) is 2.69. The fraction of sp³-hybridized carbons (Fsp3) is 0.750. The highest BCUT2D eigenvalue weighted by Gasteiger charge is 2.50. The SMILES string of the molecule is CCc1onc(C2C3CC4CC(C3)CC2C4)c1C(=O)O. The number of aryl methyl sites for hydroxylation is 1. The number of rotatable bonds is 3. The second-order valence-corrected chi connectivity index (χ2v) is 6.98. The molecule has 5 rings (SSSR count). The van der Waals surface area contributed by atoms with Crippen LogP contribution in [-0.2, 0) is 6.42 Å². The van der Waals surface area contributed by atoms with Gasteiger partial charge in [0.2, 0.25) is 0 Å². The summed E-state index contributed by atoms with van der Waals surface area (Å²) in [5.41, 5.74) is 1.12. The molecule has 0 unspecified atom stereocenters. The molecular weight excluding hydrogens is 254 g/mol. The van der Waals surface area contributed by atoms with E-state index in [0.717, 1.165) is 17.5 Å². The second-order valence-electron chi connectivity index (χ2n) is 6.98. The lowest BCUT2D eigenvalue weighted by atomic mass is 9.51. The van der Waals surface area contributed by atoms with Crippen molar-refractivity contribution in [3.63, 3.8) is 0 Å². The smallest absolute Gasteiger partial charge is 0.341 e. The minimum Gasteiger partial charge on any atom is -0.477 e. The Bertz CT molecular complexity index is 520. The van der Waals surface area contributed by atoms with Crippen LogP contribution in [0.1, 0.15) is 66.8 Å². The van der Waals surface area contributed by atoms with Gasteiger partial charge in [-0.2, -0.15) is 0 Å². The van der Waals surface area contributed by atoms with Gasteiger partial charge in [-0.15, -0.1) is 0 Å². The molecule has 0 amide bonds. The van der Waals surface area contributed by atoms with Crippen molar-refractivity contribution in [2.45, 2.75) is 51.4 Å². The molecule has 0 aliphatic heterocycles. The molecule has 1 heterocycles. The van der Waals surface area contributed by atoms with Crippen LogP contribution >= 0.6 is 0 Å². The summed E-state index contributed by atoms with van der Waals surface area (Å²) < 4.78 is 5.33. The Hall–Kier alpha value is -1.32. The summed E-state index contributed by atoms with van der Waals surface area (Å²) in [4.78, 5) is 11.6. The molecule has 4 nitrogen and oxygen atoms in total. The number of hydrogen-bond acceptors (Lipinski definition) is 3. The van der Waals surface area contributed by atoms with Crippen molar-refractivity contribution in [1.82, 2.24) is 5.16 Å². The van der Waals surface area contributed by atoms with Crippen LogP contribution in [0.4, 0.5) is 0 Å². The van der Waals surface area contributed by atoms with Crippen LogP contribution in [0.2, 0.25) is 0 Å². The van der Waals surface area contributed by atoms with Gasteiger partial charge in [-0.1, -0.05) is 12.1 Å². The fourth-order valence-electron chi connectivity index (χ4n) is 5.41. The van der Waals surface area contributed by atoms with E-state index in [0.29, 0.717) is 35.5 Å². The Balaban J connectivity index is 1.74. The van der Waals surface area contributed by atoms with Crippen LogP contribution in [0, 0.1) is 23.7 Å². The molecule has 1 aromatic rings. The van der Waals surface area contributed by atoms with Crippen LogP contribution < -0.4 is 0 Å². The van der Waals surface area contributed by atoms with E-state index >= 15 is 0 Å². The van der Waals surface area contributed by atoms with E-state index in [1.165, 1.54) is 32.1 Å². The minimum absolute atomic E-state index is 0.331. The van der Waals surface area contributed by atoms with Gasteiger partial charge in [0.25, 0.3) is 0 Å². The summed E-state index contributed by atoms with van der Waals surface area (Å²) in [6.45, 7) is 1.92. The predicted octanol–water partition coefficient (Wildman–Crippen LogP) is 3.47. The van der Waals surface area contributed by atoms with Crippen molar-refractivity contribution >= 4 is 5.97 Å². The third kappa shape index (κ3) is 1.66. The van der Waals surface area contributed by atoms with Crippen molar-refractivity contribution in [1.29, 1.82) is 0 Å². The quantitative estimate of drug-likeness (QED) is 0.917. The standard InChI is InChI=1S/C16H21NO3/c1-2-12-14(16(18)19)15(17-20-12)13-10-4-8-3-9(6-10)7-11(13)5-8/h8-11,13H,2-7H2,1H3,(H,18,19). The van der Waals surface area contributed by atoms with Crippen molar-refractivity contribution < 1.29 is 14.4 Å². The Labute approximate surface area is 118 Å².